The van der Waals surface area contributed by atoms with Crippen LogP contribution in [0.1, 0.15) is 37.3 Å². The summed E-state index contributed by atoms with van der Waals surface area (Å²) in [5.41, 5.74) is 5.37. The monoisotopic (exact) mass is 562 g/mol. The predicted molar refractivity (Wildman–Crippen MR) is 169 cm³/mol. The molecule has 7 rings (SSSR count). The number of piperidine rings is 1. The lowest BCUT2D eigenvalue weighted by Crippen LogP contribution is -2.46. The number of nitrogens with zero attached hydrogens (tertiary/aromatic N) is 7. The lowest BCUT2D eigenvalue weighted by molar-refractivity contribution is 0.194. The Balaban J connectivity index is 0.958. The van der Waals surface area contributed by atoms with Gasteiger partial charge in [-0.15, -0.1) is 0 Å². The van der Waals surface area contributed by atoms with Gasteiger partial charge in [0.15, 0.2) is 0 Å². The number of likely N-dealkylation sites (tertiary alicyclic amines) is 1. The third-order valence-corrected chi connectivity index (χ3v) is 9.03. The first kappa shape index (κ1) is 26.5. The summed E-state index contributed by atoms with van der Waals surface area (Å²) in [4.78, 5) is 36.0. The van der Waals surface area contributed by atoms with Crippen LogP contribution < -0.4 is 20.0 Å². The van der Waals surface area contributed by atoms with Crippen molar-refractivity contribution in [2.75, 3.05) is 72.4 Å². The lowest BCUT2D eigenvalue weighted by atomic mass is 9.91. The first-order valence-corrected chi connectivity index (χ1v) is 15.3. The maximum Gasteiger partial charge on any atom is 0.321 e. The van der Waals surface area contributed by atoms with Gasteiger partial charge in [0.25, 0.3) is 0 Å². The maximum absolute atomic E-state index is 13.0. The quantitative estimate of drug-likeness (QED) is 0.351. The van der Waals surface area contributed by atoms with Gasteiger partial charge in [-0.05, 0) is 80.3 Å². The topological polar surface area (TPSA) is 80.7 Å². The van der Waals surface area contributed by atoms with Crippen LogP contribution in [-0.4, -0.2) is 78.2 Å². The van der Waals surface area contributed by atoms with Crippen LogP contribution in [0, 0.1) is 0 Å². The molecule has 3 aliphatic rings. The van der Waals surface area contributed by atoms with Crippen molar-refractivity contribution in [1.82, 2.24) is 19.9 Å². The number of benzene rings is 2. The molecule has 0 atom stereocenters. The summed E-state index contributed by atoms with van der Waals surface area (Å²) in [5, 5.41) is 4.21. The van der Waals surface area contributed by atoms with Crippen molar-refractivity contribution in [3.05, 3.63) is 78.9 Å². The number of fused-ring (bicyclic) bond motifs is 1. The van der Waals surface area contributed by atoms with Crippen molar-refractivity contribution in [3.8, 4) is 0 Å². The van der Waals surface area contributed by atoms with Gasteiger partial charge in [-0.25, -0.2) is 19.7 Å². The van der Waals surface area contributed by atoms with Crippen molar-refractivity contribution in [2.24, 2.45) is 0 Å². The van der Waals surface area contributed by atoms with Crippen molar-refractivity contribution in [1.29, 1.82) is 0 Å². The number of hydrogen-bond donors (Lipinski definition) is 1. The molecule has 216 valence electrons. The second-order valence-corrected chi connectivity index (χ2v) is 11.6. The Labute approximate surface area is 247 Å². The maximum atomic E-state index is 13.0. The van der Waals surface area contributed by atoms with Crippen LogP contribution in [0.2, 0.25) is 0 Å². The van der Waals surface area contributed by atoms with E-state index in [4.69, 9.17) is 4.98 Å². The summed E-state index contributed by atoms with van der Waals surface area (Å²) < 4.78 is 0. The number of rotatable bonds is 5. The fraction of sp³-hybridized carbons (Fsp3) is 0.394. The summed E-state index contributed by atoms with van der Waals surface area (Å²) in [6, 6.07) is 20.9. The summed E-state index contributed by atoms with van der Waals surface area (Å²) in [7, 11) is 0. The van der Waals surface area contributed by atoms with Gasteiger partial charge < -0.3 is 24.9 Å². The molecular weight excluding hydrogens is 524 g/mol. The number of carbonyl (C=O) groups is 1. The average molecular weight is 563 g/mol. The van der Waals surface area contributed by atoms with E-state index in [0.29, 0.717) is 19.0 Å². The molecule has 0 spiro atoms. The van der Waals surface area contributed by atoms with E-state index in [1.165, 1.54) is 24.2 Å². The molecule has 3 saturated heterocycles. The van der Waals surface area contributed by atoms with Gasteiger partial charge in [0.2, 0.25) is 0 Å². The minimum absolute atomic E-state index is 0.0253. The summed E-state index contributed by atoms with van der Waals surface area (Å²) in [6.45, 7) is 7.45. The van der Waals surface area contributed by atoms with Gasteiger partial charge in [0.1, 0.15) is 12.1 Å². The van der Waals surface area contributed by atoms with Crippen LogP contribution in [0.25, 0.3) is 10.9 Å². The molecule has 42 heavy (non-hydrogen) atoms. The molecule has 0 aliphatic carbocycles. The standard InChI is InChI=1S/C33H38N8O/c42-33(37-26-6-8-27(9-7-26)38-15-3-4-16-38)41-17-12-25(13-18-41)32-29-11-10-28(23-30(29)35-24-36-32)39-19-21-40(22-20-39)31-5-1-2-14-34-31/h1-2,5-11,14,23-25H,3-4,12-13,15-22H2,(H,37,42). The molecule has 0 bridgehead atoms. The minimum atomic E-state index is -0.0253. The fourth-order valence-electron chi connectivity index (χ4n) is 6.61. The molecule has 0 radical (unpaired) electrons. The van der Waals surface area contributed by atoms with E-state index in [1.807, 2.05) is 35.4 Å². The van der Waals surface area contributed by atoms with E-state index >= 15 is 0 Å². The van der Waals surface area contributed by atoms with Crippen LogP contribution in [0.5, 0.6) is 0 Å². The lowest BCUT2D eigenvalue weighted by Gasteiger charge is -2.36. The van der Waals surface area contributed by atoms with E-state index in [2.05, 4.69) is 66.4 Å². The Morgan fingerprint density at radius 1 is 0.714 bits per heavy atom. The van der Waals surface area contributed by atoms with Gasteiger partial charge >= 0.3 is 6.03 Å². The van der Waals surface area contributed by atoms with E-state index < -0.39 is 0 Å². The highest BCUT2D eigenvalue weighted by atomic mass is 16.2. The van der Waals surface area contributed by atoms with Gasteiger partial charge in [0.05, 0.1) is 11.2 Å². The fourth-order valence-corrected chi connectivity index (χ4v) is 6.61. The number of nitrogens with one attached hydrogen (secondary N) is 1. The highest BCUT2D eigenvalue weighted by Crippen LogP contribution is 2.33. The Bertz CT molecular complexity index is 1510. The van der Waals surface area contributed by atoms with E-state index in [-0.39, 0.29) is 6.03 Å². The van der Waals surface area contributed by atoms with Crippen LogP contribution in [0.3, 0.4) is 0 Å². The Morgan fingerprint density at radius 3 is 2.17 bits per heavy atom. The molecule has 5 heterocycles. The van der Waals surface area contributed by atoms with Crippen molar-refractivity contribution in [2.45, 2.75) is 31.6 Å². The van der Waals surface area contributed by atoms with E-state index in [0.717, 1.165) is 80.2 Å². The number of anilines is 4. The largest absolute Gasteiger partial charge is 0.372 e. The summed E-state index contributed by atoms with van der Waals surface area (Å²) >= 11 is 0. The molecule has 2 aromatic heterocycles. The van der Waals surface area contributed by atoms with E-state index in [1.54, 1.807) is 6.33 Å². The molecule has 3 aliphatic heterocycles. The number of amides is 2. The van der Waals surface area contributed by atoms with Crippen molar-refractivity contribution >= 4 is 39.8 Å². The van der Waals surface area contributed by atoms with Crippen LogP contribution in [-0.2, 0) is 0 Å². The third kappa shape index (κ3) is 5.55. The molecule has 9 heteroatoms. The number of pyridine rings is 1. The highest BCUT2D eigenvalue weighted by Gasteiger charge is 2.27. The van der Waals surface area contributed by atoms with Crippen LogP contribution >= 0.6 is 0 Å². The minimum Gasteiger partial charge on any atom is -0.372 e. The molecular formula is C33H38N8O. The molecule has 0 saturated carbocycles. The number of carbonyl (C=O) groups excluding carboxylic acids is 1. The Hall–Kier alpha value is -4.40. The second kappa shape index (κ2) is 11.8. The Morgan fingerprint density at radius 2 is 1.43 bits per heavy atom. The van der Waals surface area contributed by atoms with Gasteiger partial charge in [0, 0.05) is 86.9 Å². The SMILES string of the molecule is O=C(Nc1ccc(N2CCCC2)cc1)N1CCC(c2ncnc3cc(N4CCN(c5ccccn5)CC4)ccc23)CC1. The molecule has 2 aromatic carbocycles. The number of urea groups is 1. The molecule has 3 fully saturated rings. The molecule has 2 amide bonds. The summed E-state index contributed by atoms with van der Waals surface area (Å²) in [6.07, 6.45) is 7.85. The molecule has 0 unspecified atom stereocenters. The van der Waals surface area contributed by atoms with Gasteiger partial charge in [-0.1, -0.05) is 6.07 Å². The van der Waals surface area contributed by atoms with Gasteiger partial charge in [-0.2, -0.15) is 0 Å². The smallest absolute Gasteiger partial charge is 0.321 e. The number of hydrogen-bond acceptors (Lipinski definition) is 7. The first-order chi connectivity index (χ1) is 20.7. The van der Waals surface area contributed by atoms with Gasteiger partial charge in [-0.3, -0.25) is 0 Å². The number of aromatic nitrogens is 3. The summed E-state index contributed by atoms with van der Waals surface area (Å²) in [5.74, 6) is 1.36. The predicted octanol–water partition coefficient (Wildman–Crippen LogP) is 5.36. The zero-order valence-corrected chi connectivity index (χ0v) is 24.0. The van der Waals surface area contributed by atoms with Crippen LogP contribution in [0.4, 0.5) is 27.7 Å². The average Bonchev–Trinajstić information content (AvgIpc) is 3.60. The van der Waals surface area contributed by atoms with E-state index in [9.17, 15) is 4.79 Å². The Kier molecular flexibility index (Phi) is 7.47. The zero-order valence-electron chi connectivity index (χ0n) is 24.0. The number of piperazine rings is 1. The molecule has 9 nitrogen and oxygen atoms in total. The molecule has 1 N–H and O–H groups in total. The molecule has 4 aromatic rings. The first-order valence-electron chi connectivity index (χ1n) is 15.3. The second-order valence-electron chi connectivity index (χ2n) is 11.6. The normalized spacial score (nSPS) is 18.1. The van der Waals surface area contributed by atoms with Crippen molar-refractivity contribution in [3.63, 3.8) is 0 Å². The zero-order chi connectivity index (χ0) is 28.3. The van der Waals surface area contributed by atoms with Crippen molar-refractivity contribution < 1.29 is 4.79 Å². The van der Waals surface area contributed by atoms with Crippen LogP contribution in [0.15, 0.2) is 73.2 Å². The third-order valence-electron chi connectivity index (χ3n) is 9.03. The highest BCUT2D eigenvalue weighted by molar-refractivity contribution is 5.90.